The van der Waals surface area contributed by atoms with E-state index in [0.29, 0.717) is 11.1 Å². The van der Waals surface area contributed by atoms with Gasteiger partial charge in [-0.25, -0.2) is 8.78 Å². The van der Waals surface area contributed by atoms with Gasteiger partial charge < -0.3 is 10.2 Å². The molecule has 1 aromatic heterocycles. The molecule has 0 unspecified atom stereocenters. The van der Waals surface area contributed by atoms with Crippen LogP contribution in [0.25, 0.3) is 11.0 Å². The number of hydrogen-bond acceptors (Lipinski definition) is 2. The molecule has 16 heavy (non-hydrogen) atoms. The van der Waals surface area contributed by atoms with Gasteiger partial charge in [-0.2, -0.15) is 0 Å². The average Bonchev–Trinajstić information content (AvgIpc) is 2.56. The topological polar surface area (TPSA) is 39.2 Å². The fourth-order valence-electron chi connectivity index (χ4n) is 1.98. The van der Waals surface area contributed by atoms with E-state index in [-0.39, 0.29) is 18.0 Å². The first kappa shape index (κ1) is 11.1. The lowest BCUT2D eigenvalue weighted by molar-refractivity contribution is 0.510. The van der Waals surface area contributed by atoms with E-state index in [9.17, 15) is 8.78 Å². The van der Waals surface area contributed by atoms with Crippen LogP contribution in [0.1, 0.15) is 31.1 Å². The Labute approximate surface area is 92.0 Å². The number of rotatable bonds is 2. The van der Waals surface area contributed by atoms with Gasteiger partial charge in [0.25, 0.3) is 0 Å². The third kappa shape index (κ3) is 1.59. The van der Waals surface area contributed by atoms with Crippen molar-refractivity contribution in [3.63, 3.8) is 0 Å². The summed E-state index contributed by atoms with van der Waals surface area (Å²) >= 11 is 0. The predicted molar refractivity (Wildman–Crippen MR) is 58.1 cm³/mol. The Morgan fingerprint density at radius 3 is 2.56 bits per heavy atom. The first-order valence-corrected chi connectivity index (χ1v) is 5.15. The molecule has 0 bridgehead atoms. The lowest BCUT2D eigenvalue weighted by Crippen LogP contribution is -1.99. The molecule has 0 aliphatic rings. The molecule has 1 aromatic carbocycles. The van der Waals surface area contributed by atoms with Crippen molar-refractivity contribution >= 4 is 11.0 Å². The lowest BCUT2D eigenvalue weighted by atomic mass is 9.99. The van der Waals surface area contributed by atoms with E-state index in [1.165, 1.54) is 6.07 Å². The largest absolute Gasteiger partial charge is 0.456 e. The van der Waals surface area contributed by atoms with Crippen LogP contribution in [-0.4, -0.2) is 0 Å². The summed E-state index contributed by atoms with van der Waals surface area (Å²) in [5.41, 5.74) is 6.41. The maximum Gasteiger partial charge on any atom is 0.170 e. The Morgan fingerprint density at radius 2 is 2.00 bits per heavy atom. The van der Waals surface area contributed by atoms with Crippen molar-refractivity contribution in [2.75, 3.05) is 0 Å². The van der Waals surface area contributed by atoms with Crippen LogP contribution in [0.3, 0.4) is 0 Å². The molecule has 0 aliphatic carbocycles. The van der Waals surface area contributed by atoms with Crippen molar-refractivity contribution in [3.8, 4) is 0 Å². The molecule has 4 heteroatoms. The van der Waals surface area contributed by atoms with Crippen LogP contribution in [0.4, 0.5) is 8.78 Å². The second-order valence-corrected chi connectivity index (χ2v) is 4.06. The number of fused-ring (bicyclic) bond motifs is 1. The fourth-order valence-corrected chi connectivity index (χ4v) is 1.98. The monoisotopic (exact) mass is 225 g/mol. The highest BCUT2D eigenvalue weighted by Gasteiger charge is 2.19. The van der Waals surface area contributed by atoms with Crippen LogP contribution >= 0.6 is 0 Å². The third-order valence-corrected chi connectivity index (χ3v) is 2.59. The van der Waals surface area contributed by atoms with Gasteiger partial charge in [0.15, 0.2) is 11.4 Å². The number of benzene rings is 1. The SMILES string of the molecule is CC(C)c1c(CN)oc2c(F)cc(F)cc12. The number of nitrogens with two attached hydrogens (primary N) is 1. The smallest absolute Gasteiger partial charge is 0.170 e. The Balaban J connectivity index is 2.84. The molecule has 2 aromatic rings. The van der Waals surface area contributed by atoms with Gasteiger partial charge >= 0.3 is 0 Å². The molecule has 0 radical (unpaired) electrons. The van der Waals surface area contributed by atoms with Crippen molar-refractivity contribution in [3.05, 3.63) is 35.1 Å². The van der Waals surface area contributed by atoms with E-state index in [1.54, 1.807) is 0 Å². The van der Waals surface area contributed by atoms with E-state index in [1.807, 2.05) is 13.8 Å². The zero-order valence-electron chi connectivity index (χ0n) is 9.18. The molecule has 0 fully saturated rings. The third-order valence-electron chi connectivity index (χ3n) is 2.59. The minimum Gasteiger partial charge on any atom is -0.456 e. The molecule has 1 heterocycles. The Bertz CT molecular complexity index is 531. The highest BCUT2D eigenvalue weighted by atomic mass is 19.1. The van der Waals surface area contributed by atoms with E-state index >= 15 is 0 Å². The zero-order valence-corrected chi connectivity index (χ0v) is 9.18. The second-order valence-electron chi connectivity index (χ2n) is 4.06. The summed E-state index contributed by atoms with van der Waals surface area (Å²) in [6.45, 7) is 4.06. The standard InChI is InChI=1S/C12H13F2NO/c1-6(2)11-8-3-7(13)4-9(14)12(8)16-10(11)5-15/h3-4,6H,5,15H2,1-2H3. The summed E-state index contributed by atoms with van der Waals surface area (Å²) in [5.74, 6) is -0.650. The molecule has 2 rings (SSSR count). The maximum atomic E-state index is 13.5. The minimum absolute atomic E-state index is 0.0885. The molecule has 0 saturated heterocycles. The molecule has 2 N–H and O–H groups in total. The molecular weight excluding hydrogens is 212 g/mol. The van der Waals surface area contributed by atoms with E-state index in [0.717, 1.165) is 11.6 Å². The van der Waals surface area contributed by atoms with Crippen molar-refractivity contribution < 1.29 is 13.2 Å². The van der Waals surface area contributed by atoms with Crippen molar-refractivity contribution in [2.45, 2.75) is 26.3 Å². The fraction of sp³-hybridized carbons (Fsp3) is 0.333. The van der Waals surface area contributed by atoms with E-state index in [4.69, 9.17) is 10.2 Å². The summed E-state index contributed by atoms with van der Waals surface area (Å²) in [5, 5.41) is 0.480. The molecule has 0 atom stereocenters. The van der Waals surface area contributed by atoms with Crippen molar-refractivity contribution in [1.82, 2.24) is 0 Å². The number of halogens is 2. The van der Waals surface area contributed by atoms with Gasteiger partial charge in [0.2, 0.25) is 0 Å². The van der Waals surface area contributed by atoms with Gasteiger partial charge in [0.1, 0.15) is 11.6 Å². The summed E-state index contributed by atoms with van der Waals surface area (Å²) < 4.78 is 31.9. The van der Waals surface area contributed by atoms with E-state index in [2.05, 4.69) is 0 Å². The van der Waals surface area contributed by atoms with Gasteiger partial charge in [0, 0.05) is 17.0 Å². The van der Waals surface area contributed by atoms with Gasteiger partial charge in [-0.1, -0.05) is 13.8 Å². The molecular formula is C12H13F2NO. The second kappa shape index (κ2) is 3.87. The van der Waals surface area contributed by atoms with Crippen LogP contribution in [0, 0.1) is 11.6 Å². The highest BCUT2D eigenvalue weighted by molar-refractivity contribution is 5.83. The lowest BCUT2D eigenvalue weighted by Gasteiger charge is -2.04. The molecule has 86 valence electrons. The minimum atomic E-state index is -0.684. The zero-order chi connectivity index (χ0) is 11.9. The van der Waals surface area contributed by atoms with E-state index < -0.39 is 11.6 Å². The number of hydrogen-bond donors (Lipinski definition) is 1. The summed E-state index contributed by atoms with van der Waals surface area (Å²) in [4.78, 5) is 0. The Hall–Kier alpha value is -1.42. The van der Waals surface area contributed by atoms with Crippen LogP contribution < -0.4 is 5.73 Å². The van der Waals surface area contributed by atoms with Crippen molar-refractivity contribution in [2.24, 2.45) is 5.73 Å². The van der Waals surface area contributed by atoms with Crippen molar-refractivity contribution in [1.29, 1.82) is 0 Å². The first-order valence-electron chi connectivity index (χ1n) is 5.15. The van der Waals surface area contributed by atoms with Crippen LogP contribution in [-0.2, 0) is 6.54 Å². The molecule has 0 saturated carbocycles. The van der Waals surface area contributed by atoms with Gasteiger partial charge in [-0.3, -0.25) is 0 Å². The molecule has 0 spiro atoms. The van der Waals surface area contributed by atoms with Gasteiger partial charge in [-0.15, -0.1) is 0 Å². The average molecular weight is 225 g/mol. The maximum absolute atomic E-state index is 13.5. The molecule has 0 aliphatic heterocycles. The Kier molecular flexibility index (Phi) is 2.68. The predicted octanol–water partition coefficient (Wildman–Crippen LogP) is 3.29. The summed E-state index contributed by atoms with van der Waals surface area (Å²) in [6.07, 6.45) is 0. The summed E-state index contributed by atoms with van der Waals surface area (Å²) in [6, 6.07) is 2.10. The van der Waals surface area contributed by atoms with Gasteiger partial charge in [0.05, 0.1) is 6.54 Å². The molecule has 2 nitrogen and oxygen atoms in total. The van der Waals surface area contributed by atoms with Gasteiger partial charge in [-0.05, 0) is 12.0 Å². The number of furan rings is 1. The normalized spacial score (nSPS) is 11.6. The van der Waals surface area contributed by atoms with Crippen LogP contribution in [0.2, 0.25) is 0 Å². The highest BCUT2D eigenvalue weighted by Crippen LogP contribution is 2.33. The van der Waals surface area contributed by atoms with Crippen LogP contribution in [0.15, 0.2) is 16.5 Å². The quantitative estimate of drug-likeness (QED) is 0.851. The van der Waals surface area contributed by atoms with Crippen LogP contribution in [0.5, 0.6) is 0 Å². The summed E-state index contributed by atoms with van der Waals surface area (Å²) in [7, 11) is 0. The first-order chi connectivity index (χ1) is 7.54. The Morgan fingerprint density at radius 1 is 1.31 bits per heavy atom. The molecule has 0 amide bonds.